The van der Waals surface area contributed by atoms with Gasteiger partial charge in [-0.3, -0.25) is 0 Å². The molecule has 54 heavy (non-hydrogen) atoms. The van der Waals surface area contributed by atoms with Gasteiger partial charge in [-0.15, -0.1) is 0 Å². The Hall–Kier alpha value is -6.12. The predicted octanol–water partition coefficient (Wildman–Crippen LogP) is 13.4. The van der Waals surface area contributed by atoms with Crippen LogP contribution in [0.2, 0.25) is 0 Å². The summed E-state index contributed by atoms with van der Waals surface area (Å²) in [7, 11) is 0. The Balaban J connectivity index is 1.14. The number of hydrogen-bond acceptors (Lipinski definition) is 1. The lowest BCUT2D eigenvalue weighted by atomic mass is 9.77. The first-order chi connectivity index (χ1) is 26.5. The van der Waals surface area contributed by atoms with Crippen molar-refractivity contribution in [1.29, 1.82) is 0 Å². The minimum Gasteiger partial charge on any atom is -0.318 e. The number of para-hydroxylation sites is 2. The number of fused-ring (bicyclic) bond motifs is 6. The van der Waals surface area contributed by atoms with E-state index in [1.807, 2.05) is 0 Å². The summed E-state index contributed by atoms with van der Waals surface area (Å²) in [6.07, 6.45) is 10.3. The summed E-state index contributed by atoms with van der Waals surface area (Å²) in [5.41, 5.74) is 20.0. The maximum absolute atomic E-state index is 2.59. The fourth-order valence-corrected chi connectivity index (χ4v) is 9.61. The van der Waals surface area contributed by atoms with E-state index in [2.05, 4.69) is 200 Å². The first-order valence-electron chi connectivity index (χ1n) is 19.5. The maximum Gasteiger partial charge on any atom is 0.0537 e. The third kappa shape index (κ3) is 5.16. The van der Waals surface area contributed by atoms with Crippen LogP contribution in [0.4, 0.5) is 5.69 Å². The molecule has 1 atom stereocenters. The lowest BCUT2D eigenvalue weighted by Crippen LogP contribution is -2.29. The number of benzene rings is 6. The molecule has 7 aromatic rings. The van der Waals surface area contributed by atoms with Crippen LogP contribution < -0.4 is 4.90 Å². The van der Waals surface area contributed by atoms with Gasteiger partial charge in [-0.1, -0.05) is 148 Å². The van der Waals surface area contributed by atoms with Gasteiger partial charge in [0.05, 0.1) is 11.2 Å². The molecule has 0 radical (unpaired) electrons. The highest BCUT2D eigenvalue weighted by Gasteiger charge is 2.38. The Labute approximate surface area is 319 Å². The van der Waals surface area contributed by atoms with Gasteiger partial charge in [0.1, 0.15) is 0 Å². The van der Waals surface area contributed by atoms with Gasteiger partial charge >= 0.3 is 0 Å². The van der Waals surface area contributed by atoms with E-state index in [1.54, 1.807) is 0 Å². The molecule has 1 heterocycles. The summed E-state index contributed by atoms with van der Waals surface area (Å²) >= 11 is 0. The topological polar surface area (TPSA) is 8.17 Å². The predicted molar refractivity (Wildman–Crippen MR) is 228 cm³/mol. The number of nitrogens with zero attached hydrogens (tertiary/aromatic N) is 2. The fraction of sp³-hybridized carbons (Fsp3) is 0.154. The average Bonchev–Trinajstić information content (AvgIpc) is 3.67. The van der Waals surface area contributed by atoms with Gasteiger partial charge in [0.25, 0.3) is 0 Å². The van der Waals surface area contributed by atoms with Crippen LogP contribution >= 0.6 is 0 Å². The van der Waals surface area contributed by atoms with Crippen LogP contribution in [0.1, 0.15) is 61.6 Å². The van der Waals surface area contributed by atoms with Gasteiger partial charge in [0.15, 0.2) is 0 Å². The molecule has 6 aromatic carbocycles. The van der Waals surface area contributed by atoms with E-state index in [0.717, 1.165) is 19.3 Å². The second-order valence-electron chi connectivity index (χ2n) is 15.7. The molecule has 2 heteroatoms. The summed E-state index contributed by atoms with van der Waals surface area (Å²) in [5.74, 6) is 0.316. The molecule has 3 aliphatic carbocycles. The molecule has 0 spiro atoms. The zero-order valence-corrected chi connectivity index (χ0v) is 31.3. The van der Waals surface area contributed by atoms with Crippen LogP contribution in [0.25, 0.3) is 50.5 Å². The SMILES string of the molecule is CC1Cc2c(n(-c3ccccc3)c3ccccc23)C=C1N(C1=CC=C(c2cccc3c2C(C)(C)c2ccccc2-3)CC1)c1cccc(-c2ccccc2)c1. The highest BCUT2D eigenvalue weighted by atomic mass is 15.2. The highest BCUT2D eigenvalue weighted by Crippen LogP contribution is 2.52. The number of anilines is 1. The lowest BCUT2D eigenvalue weighted by molar-refractivity contribution is 0.645. The summed E-state index contributed by atoms with van der Waals surface area (Å²) in [4.78, 5) is 2.59. The summed E-state index contributed by atoms with van der Waals surface area (Å²) in [6, 6.07) is 55.6. The first kappa shape index (κ1) is 32.5. The van der Waals surface area contributed by atoms with Crippen molar-refractivity contribution in [2.24, 2.45) is 5.92 Å². The Morgan fingerprint density at radius 3 is 2.13 bits per heavy atom. The van der Waals surface area contributed by atoms with Crippen molar-refractivity contribution in [1.82, 2.24) is 4.57 Å². The maximum atomic E-state index is 2.59. The molecule has 262 valence electrons. The number of aromatic nitrogens is 1. The van der Waals surface area contributed by atoms with Gasteiger partial charge in [-0.2, -0.15) is 0 Å². The lowest BCUT2D eigenvalue weighted by Gasteiger charge is -2.37. The zero-order chi connectivity index (χ0) is 36.4. The van der Waals surface area contributed by atoms with Crippen LogP contribution in [0.15, 0.2) is 175 Å². The van der Waals surface area contributed by atoms with E-state index in [0.29, 0.717) is 5.92 Å². The van der Waals surface area contributed by atoms with Crippen LogP contribution in [-0.4, -0.2) is 4.57 Å². The van der Waals surface area contributed by atoms with Crippen molar-refractivity contribution in [2.75, 3.05) is 4.90 Å². The molecule has 10 rings (SSSR count). The van der Waals surface area contributed by atoms with Crippen molar-refractivity contribution in [2.45, 2.75) is 45.4 Å². The second-order valence-corrected chi connectivity index (χ2v) is 15.7. The molecule has 2 nitrogen and oxygen atoms in total. The smallest absolute Gasteiger partial charge is 0.0537 e. The molecule has 0 fully saturated rings. The molecule has 0 amide bonds. The third-order valence-electron chi connectivity index (χ3n) is 12.1. The van der Waals surface area contributed by atoms with E-state index in [4.69, 9.17) is 0 Å². The summed E-state index contributed by atoms with van der Waals surface area (Å²) < 4.78 is 2.47. The monoisotopic (exact) mass is 696 g/mol. The van der Waals surface area contributed by atoms with Crippen LogP contribution in [0.3, 0.4) is 0 Å². The van der Waals surface area contributed by atoms with E-state index in [-0.39, 0.29) is 5.41 Å². The average molecular weight is 697 g/mol. The molecule has 0 saturated heterocycles. The Morgan fingerprint density at radius 1 is 0.630 bits per heavy atom. The Kier molecular flexibility index (Phi) is 7.70. The van der Waals surface area contributed by atoms with Crippen molar-refractivity contribution in [3.05, 3.63) is 203 Å². The third-order valence-corrected chi connectivity index (χ3v) is 12.1. The normalized spacial score (nSPS) is 16.9. The van der Waals surface area contributed by atoms with E-state index < -0.39 is 0 Å². The molecule has 0 bridgehead atoms. The minimum atomic E-state index is -0.0471. The Morgan fingerprint density at radius 2 is 1.31 bits per heavy atom. The van der Waals surface area contributed by atoms with Crippen molar-refractivity contribution < 1.29 is 0 Å². The molecular formula is C52H44N2. The van der Waals surface area contributed by atoms with Gasteiger partial charge < -0.3 is 9.47 Å². The highest BCUT2D eigenvalue weighted by molar-refractivity contribution is 5.92. The molecule has 0 saturated carbocycles. The van der Waals surface area contributed by atoms with Crippen molar-refractivity contribution in [3.63, 3.8) is 0 Å². The molecule has 3 aliphatic rings. The number of rotatable bonds is 6. The Bertz CT molecular complexity index is 2670. The molecule has 1 aromatic heterocycles. The summed E-state index contributed by atoms with van der Waals surface area (Å²) in [5, 5.41) is 1.35. The minimum absolute atomic E-state index is 0.0471. The number of hydrogen-bond donors (Lipinski definition) is 0. The van der Waals surface area contributed by atoms with E-state index in [1.165, 1.54) is 89.4 Å². The van der Waals surface area contributed by atoms with Gasteiger partial charge in [-0.05, 0) is 112 Å². The van der Waals surface area contributed by atoms with Crippen LogP contribution in [-0.2, 0) is 11.8 Å². The van der Waals surface area contributed by atoms with Crippen molar-refractivity contribution >= 4 is 28.2 Å². The standard InChI is InChI=1S/C52H44N2/c1-35-32-46-44-23-11-13-27-48(44)54(39-19-8-5-9-20-39)50(46)34-49(35)53(41-21-14-18-38(33-41)36-16-6-4-7-17-36)40-30-28-37(29-31-40)42-24-15-25-45-43-22-10-12-26-47(43)52(2,3)51(42)45/h4-28,30,33-35H,29,31-32H2,1-3H3. The largest absolute Gasteiger partial charge is 0.318 e. The van der Waals surface area contributed by atoms with Gasteiger partial charge in [-0.25, -0.2) is 0 Å². The molecule has 0 aliphatic heterocycles. The molecule has 0 N–H and O–H groups in total. The molecule has 1 unspecified atom stereocenters. The number of allylic oxidation sites excluding steroid dienone is 5. The fourth-order valence-electron chi connectivity index (χ4n) is 9.61. The molecular weight excluding hydrogens is 653 g/mol. The quantitative estimate of drug-likeness (QED) is 0.168. The van der Waals surface area contributed by atoms with E-state index in [9.17, 15) is 0 Å². The van der Waals surface area contributed by atoms with Gasteiger partial charge in [0.2, 0.25) is 0 Å². The first-order valence-corrected chi connectivity index (χ1v) is 19.5. The van der Waals surface area contributed by atoms with E-state index >= 15 is 0 Å². The second kappa shape index (κ2) is 12.8. The van der Waals surface area contributed by atoms with Crippen LogP contribution in [0, 0.1) is 5.92 Å². The van der Waals surface area contributed by atoms with Crippen LogP contribution in [0.5, 0.6) is 0 Å². The van der Waals surface area contributed by atoms with Crippen molar-refractivity contribution in [3.8, 4) is 27.9 Å². The summed E-state index contributed by atoms with van der Waals surface area (Å²) in [6.45, 7) is 7.20. The van der Waals surface area contributed by atoms with Gasteiger partial charge in [0, 0.05) is 39.5 Å². The zero-order valence-electron chi connectivity index (χ0n) is 31.3.